The fourth-order valence-electron chi connectivity index (χ4n) is 2.65. The molecule has 122 valence electrons. The van der Waals surface area contributed by atoms with Crippen LogP contribution in [0.2, 0.25) is 5.02 Å². The zero-order valence-corrected chi connectivity index (χ0v) is 13.6. The molecule has 2 rings (SSSR count). The number of hydrogen-bond acceptors (Lipinski definition) is 3. The third kappa shape index (κ3) is 4.72. The average Bonchev–Trinajstić information content (AvgIpc) is 3.00. The van der Waals surface area contributed by atoms with Gasteiger partial charge in [0.25, 0.3) is 5.91 Å². The smallest absolute Gasteiger partial charge is 0.252 e. The van der Waals surface area contributed by atoms with E-state index in [4.69, 9.17) is 18.0 Å². The number of nitrogens with zero attached hydrogens (tertiary/aromatic N) is 1. The lowest BCUT2D eigenvalue weighted by Crippen LogP contribution is -2.45. The van der Waals surface area contributed by atoms with Gasteiger partial charge in [0.05, 0.1) is 23.2 Å². The SMILES string of the molecule is C#CCN1CCC[C@@H]1C(=O)NCCNC(=O)c1ccccc1Cl. The summed E-state index contributed by atoms with van der Waals surface area (Å²) in [7, 11) is 0. The van der Waals surface area contributed by atoms with Crippen LogP contribution in [0.15, 0.2) is 24.3 Å². The minimum absolute atomic E-state index is 0.0373. The van der Waals surface area contributed by atoms with Gasteiger partial charge in [0.2, 0.25) is 5.91 Å². The molecule has 0 saturated carbocycles. The highest BCUT2D eigenvalue weighted by molar-refractivity contribution is 6.33. The minimum atomic E-state index is -0.250. The van der Waals surface area contributed by atoms with Crippen molar-refractivity contribution in [3.8, 4) is 12.3 Å². The van der Waals surface area contributed by atoms with Gasteiger partial charge in [0, 0.05) is 13.1 Å². The van der Waals surface area contributed by atoms with Crippen LogP contribution < -0.4 is 10.6 Å². The highest BCUT2D eigenvalue weighted by Crippen LogP contribution is 2.16. The second-order valence-corrected chi connectivity index (χ2v) is 5.77. The maximum atomic E-state index is 12.1. The molecular weight excluding hydrogens is 314 g/mol. The summed E-state index contributed by atoms with van der Waals surface area (Å²) in [6.07, 6.45) is 7.11. The Morgan fingerprint density at radius 1 is 1.30 bits per heavy atom. The van der Waals surface area contributed by atoms with Crippen LogP contribution >= 0.6 is 11.6 Å². The molecule has 1 heterocycles. The molecular formula is C17H20ClN3O2. The summed E-state index contributed by atoms with van der Waals surface area (Å²) < 4.78 is 0. The maximum Gasteiger partial charge on any atom is 0.252 e. The van der Waals surface area contributed by atoms with Crippen molar-refractivity contribution in [2.75, 3.05) is 26.2 Å². The first kappa shape index (κ1) is 17.3. The molecule has 2 amide bonds. The Hall–Kier alpha value is -2.03. The number of benzene rings is 1. The van der Waals surface area contributed by atoms with Gasteiger partial charge in [-0.05, 0) is 31.5 Å². The number of carbonyl (C=O) groups is 2. The summed E-state index contributed by atoms with van der Waals surface area (Å²) in [5, 5.41) is 5.98. The van der Waals surface area contributed by atoms with Gasteiger partial charge < -0.3 is 10.6 Å². The second kappa shape index (κ2) is 8.56. The quantitative estimate of drug-likeness (QED) is 0.609. The Kier molecular flexibility index (Phi) is 6.45. The van der Waals surface area contributed by atoms with E-state index in [1.165, 1.54) is 0 Å². The molecule has 0 radical (unpaired) electrons. The molecule has 1 saturated heterocycles. The summed E-state index contributed by atoms with van der Waals surface area (Å²) in [6, 6.07) is 6.68. The van der Waals surface area contributed by atoms with Gasteiger partial charge in [-0.25, -0.2) is 0 Å². The second-order valence-electron chi connectivity index (χ2n) is 5.36. The molecule has 1 aromatic carbocycles. The van der Waals surface area contributed by atoms with Gasteiger partial charge in [-0.3, -0.25) is 14.5 Å². The van der Waals surface area contributed by atoms with E-state index in [9.17, 15) is 9.59 Å². The fraction of sp³-hybridized carbons (Fsp3) is 0.412. The topological polar surface area (TPSA) is 61.4 Å². The van der Waals surface area contributed by atoms with Crippen LogP contribution in [0, 0.1) is 12.3 Å². The molecule has 0 unspecified atom stereocenters. The predicted molar refractivity (Wildman–Crippen MR) is 90.2 cm³/mol. The highest BCUT2D eigenvalue weighted by Gasteiger charge is 2.29. The number of likely N-dealkylation sites (tertiary alicyclic amines) is 1. The largest absolute Gasteiger partial charge is 0.353 e. The molecule has 0 bridgehead atoms. The summed E-state index contributed by atoms with van der Waals surface area (Å²) in [5.74, 6) is 2.29. The highest BCUT2D eigenvalue weighted by atomic mass is 35.5. The lowest BCUT2D eigenvalue weighted by Gasteiger charge is -2.21. The standard InChI is InChI=1S/C17H20ClN3O2/c1-2-11-21-12-5-8-15(21)17(23)20-10-9-19-16(22)13-6-3-4-7-14(13)18/h1,3-4,6-7,15H,5,8-12H2,(H,19,22)(H,20,23)/t15-/m1/s1. The lowest BCUT2D eigenvalue weighted by atomic mass is 10.2. The fourth-order valence-corrected chi connectivity index (χ4v) is 2.87. The van der Waals surface area contributed by atoms with Gasteiger partial charge in [0.15, 0.2) is 0 Å². The molecule has 1 aromatic rings. The summed E-state index contributed by atoms with van der Waals surface area (Å²) in [6.45, 7) is 2.06. The molecule has 1 fully saturated rings. The lowest BCUT2D eigenvalue weighted by molar-refractivity contribution is -0.125. The van der Waals surface area contributed by atoms with Gasteiger partial charge >= 0.3 is 0 Å². The predicted octanol–water partition coefficient (Wildman–Crippen LogP) is 1.28. The number of hydrogen-bond donors (Lipinski definition) is 2. The minimum Gasteiger partial charge on any atom is -0.353 e. The van der Waals surface area contributed by atoms with Crippen molar-refractivity contribution in [3.63, 3.8) is 0 Å². The molecule has 1 atom stereocenters. The van der Waals surface area contributed by atoms with E-state index >= 15 is 0 Å². The van der Waals surface area contributed by atoms with Gasteiger partial charge in [-0.15, -0.1) is 6.42 Å². The van der Waals surface area contributed by atoms with Crippen molar-refractivity contribution in [1.29, 1.82) is 0 Å². The average molecular weight is 334 g/mol. The van der Waals surface area contributed by atoms with Crippen LogP contribution in [0.1, 0.15) is 23.2 Å². The van der Waals surface area contributed by atoms with Gasteiger partial charge in [-0.2, -0.15) is 0 Å². The van der Waals surface area contributed by atoms with Crippen LogP contribution in [-0.4, -0.2) is 48.9 Å². The zero-order valence-electron chi connectivity index (χ0n) is 12.8. The summed E-state index contributed by atoms with van der Waals surface area (Å²) in [4.78, 5) is 26.1. The number of halogens is 1. The third-order valence-corrected chi connectivity index (χ3v) is 4.12. The van der Waals surface area contributed by atoms with E-state index in [-0.39, 0.29) is 17.9 Å². The third-order valence-electron chi connectivity index (χ3n) is 3.79. The van der Waals surface area contributed by atoms with Gasteiger partial charge in [0.1, 0.15) is 0 Å². The van der Waals surface area contributed by atoms with Crippen LogP contribution in [0.5, 0.6) is 0 Å². The molecule has 5 nitrogen and oxygen atoms in total. The molecule has 23 heavy (non-hydrogen) atoms. The molecule has 0 aromatic heterocycles. The van der Waals surface area contributed by atoms with E-state index < -0.39 is 0 Å². The molecule has 0 aliphatic carbocycles. The number of terminal acetylenes is 1. The van der Waals surface area contributed by atoms with Crippen molar-refractivity contribution in [2.24, 2.45) is 0 Å². The number of rotatable bonds is 6. The Labute approximate surface area is 141 Å². The van der Waals surface area contributed by atoms with Crippen LogP contribution in [0.4, 0.5) is 0 Å². The van der Waals surface area contributed by atoms with Crippen molar-refractivity contribution in [3.05, 3.63) is 34.9 Å². The van der Waals surface area contributed by atoms with Crippen LogP contribution in [0.3, 0.4) is 0 Å². The first-order valence-electron chi connectivity index (χ1n) is 7.61. The van der Waals surface area contributed by atoms with Crippen LogP contribution in [0.25, 0.3) is 0 Å². The Morgan fingerprint density at radius 2 is 2.04 bits per heavy atom. The number of amides is 2. The maximum absolute atomic E-state index is 12.1. The Bertz CT molecular complexity index is 612. The summed E-state index contributed by atoms with van der Waals surface area (Å²) in [5.41, 5.74) is 0.427. The number of carbonyl (C=O) groups excluding carboxylic acids is 2. The van der Waals surface area contributed by atoms with E-state index in [0.29, 0.717) is 30.2 Å². The van der Waals surface area contributed by atoms with Crippen molar-refractivity contribution < 1.29 is 9.59 Å². The first-order chi connectivity index (χ1) is 11.1. The first-order valence-corrected chi connectivity index (χ1v) is 7.99. The van der Waals surface area contributed by atoms with E-state index in [2.05, 4.69) is 16.6 Å². The van der Waals surface area contributed by atoms with E-state index in [0.717, 1.165) is 19.4 Å². The van der Waals surface area contributed by atoms with E-state index in [1.54, 1.807) is 24.3 Å². The normalized spacial score (nSPS) is 17.5. The Balaban J connectivity index is 1.73. The molecule has 2 N–H and O–H groups in total. The van der Waals surface area contributed by atoms with Crippen molar-refractivity contribution in [1.82, 2.24) is 15.5 Å². The molecule has 1 aliphatic rings. The monoisotopic (exact) mass is 333 g/mol. The van der Waals surface area contributed by atoms with Crippen molar-refractivity contribution in [2.45, 2.75) is 18.9 Å². The Morgan fingerprint density at radius 3 is 2.78 bits per heavy atom. The van der Waals surface area contributed by atoms with E-state index in [1.807, 2.05) is 4.90 Å². The number of nitrogens with one attached hydrogen (secondary N) is 2. The molecule has 0 spiro atoms. The molecule has 6 heteroatoms. The van der Waals surface area contributed by atoms with Crippen molar-refractivity contribution >= 4 is 23.4 Å². The molecule has 1 aliphatic heterocycles. The summed E-state index contributed by atoms with van der Waals surface area (Å²) >= 11 is 5.96. The zero-order chi connectivity index (χ0) is 16.7. The van der Waals surface area contributed by atoms with Crippen LogP contribution in [-0.2, 0) is 4.79 Å². The van der Waals surface area contributed by atoms with Gasteiger partial charge in [-0.1, -0.05) is 29.7 Å².